The lowest BCUT2D eigenvalue weighted by Crippen LogP contribution is -1.97. The largest absolute Gasteiger partial charge is 0.497 e. The van der Waals surface area contributed by atoms with Crippen LogP contribution in [0.4, 0.5) is 0 Å². The monoisotopic (exact) mass is 428 g/mol. The standard InChI is InChI=1S/C11H10I2O2/c1-14-8-4-2-7(3-5-8)11-10(13)9(12)6-15-11/h2-5,11H,6H2,1H3. The van der Waals surface area contributed by atoms with Gasteiger partial charge in [-0.3, -0.25) is 0 Å². The van der Waals surface area contributed by atoms with Crippen molar-refractivity contribution in [3.63, 3.8) is 0 Å². The van der Waals surface area contributed by atoms with Crippen molar-refractivity contribution in [1.82, 2.24) is 0 Å². The molecular weight excluding hydrogens is 418 g/mol. The highest BCUT2D eigenvalue weighted by atomic mass is 127. The normalized spacial score (nSPS) is 20.9. The van der Waals surface area contributed by atoms with Crippen LogP contribution in [0.15, 0.2) is 31.4 Å². The molecule has 1 unspecified atom stereocenters. The van der Waals surface area contributed by atoms with Crippen LogP contribution in [0.1, 0.15) is 11.7 Å². The Bertz CT molecular complexity index is 384. The third kappa shape index (κ3) is 2.47. The highest BCUT2D eigenvalue weighted by Gasteiger charge is 2.24. The Hall–Kier alpha value is 0.180. The van der Waals surface area contributed by atoms with E-state index in [1.54, 1.807) is 7.11 Å². The third-order valence-corrected chi connectivity index (χ3v) is 5.43. The highest BCUT2D eigenvalue weighted by molar-refractivity contribution is 14.1. The third-order valence-electron chi connectivity index (χ3n) is 2.28. The molecule has 1 aliphatic heterocycles. The van der Waals surface area contributed by atoms with Crippen molar-refractivity contribution in [2.24, 2.45) is 0 Å². The summed E-state index contributed by atoms with van der Waals surface area (Å²) < 4.78 is 13.4. The average molecular weight is 428 g/mol. The minimum Gasteiger partial charge on any atom is -0.497 e. The van der Waals surface area contributed by atoms with E-state index in [4.69, 9.17) is 9.47 Å². The predicted molar refractivity (Wildman–Crippen MR) is 76.8 cm³/mol. The Labute approximate surface area is 116 Å². The van der Waals surface area contributed by atoms with Gasteiger partial charge in [0.05, 0.1) is 13.7 Å². The molecule has 80 valence electrons. The van der Waals surface area contributed by atoms with E-state index in [9.17, 15) is 0 Å². The summed E-state index contributed by atoms with van der Waals surface area (Å²) in [7, 11) is 1.67. The van der Waals surface area contributed by atoms with Gasteiger partial charge < -0.3 is 9.47 Å². The number of hydrogen-bond donors (Lipinski definition) is 0. The molecule has 0 N–H and O–H groups in total. The Kier molecular flexibility index (Phi) is 3.89. The van der Waals surface area contributed by atoms with E-state index in [1.165, 1.54) is 12.7 Å². The van der Waals surface area contributed by atoms with Crippen molar-refractivity contribution in [3.05, 3.63) is 37.0 Å². The molecule has 0 spiro atoms. The molecule has 0 saturated carbocycles. The summed E-state index contributed by atoms with van der Waals surface area (Å²) >= 11 is 4.69. The SMILES string of the molecule is COc1ccc(C2OCC(I)=C2I)cc1. The van der Waals surface area contributed by atoms with Gasteiger partial charge in [0.15, 0.2) is 0 Å². The van der Waals surface area contributed by atoms with Crippen molar-refractivity contribution in [1.29, 1.82) is 0 Å². The Morgan fingerprint density at radius 2 is 1.93 bits per heavy atom. The summed E-state index contributed by atoms with van der Waals surface area (Å²) in [4.78, 5) is 0. The van der Waals surface area contributed by atoms with Crippen LogP contribution in [0.3, 0.4) is 0 Å². The number of halogens is 2. The molecule has 0 aliphatic carbocycles. The van der Waals surface area contributed by atoms with Gasteiger partial charge in [0.25, 0.3) is 0 Å². The Morgan fingerprint density at radius 3 is 2.40 bits per heavy atom. The molecule has 0 aromatic heterocycles. The fourth-order valence-corrected chi connectivity index (χ4v) is 2.62. The number of ether oxygens (including phenoxy) is 2. The molecule has 1 heterocycles. The van der Waals surface area contributed by atoms with Crippen LogP contribution in [-0.2, 0) is 4.74 Å². The quantitative estimate of drug-likeness (QED) is 0.667. The number of hydrogen-bond acceptors (Lipinski definition) is 2. The molecule has 0 saturated heterocycles. The summed E-state index contributed by atoms with van der Waals surface area (Å²) in [5.41, 5.74) is 1.19. The van der Waals surface area contributed by atoms with Gasteiger partial charge in [0, 0.05) is 7.16 Å². The van der Waals surface area contributed by atoms with Gasteiger partial charge in [-0.25, -0.2) is 0 Å². The van der Waals surface area contributed by atoms with E-state index in [0.29, 0.717) is 0 Å². The van der Waals surface area contributed by atoms with Crippen molar-refractivity contribution < 1.29 is 9.47 Å². The molecule has 0 bridgehead atoms. The highest BCUT2D eigenvalue weighted by Crippen LogP contribution is 2.40. The molecule has 0 radical (unpaired) electrons. The maximum Gasteiger partial charge on any atom is 0.118 e. The van der Waals surface area contributed by atoms with E-state index in [1.807, 2.05) is 12.1 Å². The first-order valence-corrected chi connectivity index (χ1v) is 6.67. The summed E-state index contributed by atoms with van der Waals surface area (Å²) in [6, 6.07) is 8.04. The van der Waals surface area contributed by atoms with E-state index in [0.717, 1.165) is 12.4 Å². The second-order valence-electron chi connectivity index (χ2n) is 3.22. The fourth-order valence-electron chi connectivity index (χ4n) is 1.46. The lowest BCUT2D eigenvalue weighted by atomic mass is 10.1. The fraction of sp³-hybridized carbons (Fsp3) is 0.273. The molecule has 1 atom stereocenters. The van der Waals surface area contributed by atoms with Crippen LogP contribution in [0.25, 0.3) is 0 Å². The molecule has 2 rings (SSSR count). The smallest absolute Gasteiger partial charge is 0.118 e. The van der Waals surface area contributed by atoms with Crippen LogP contribution in [-0.4, -0.2) is 13.7 Å². The summed E-state index contributed by atoms with van der Waals surface area (Å²) in [5, 5.41) is 0. The van der Waals surface area contributed by atoms with Crippen LogP contribution < -0.4 is 4.74 Å². The Morgan fingerprint density at radius 1 is 1.27 bits per heavy atom. The van der Waals surface area contributed by atoms with Crippen LogP contribution in [0.2, 0.25) is 0 Å². The van der Waals surface area contributed by atoms with Gasteiger partial charge in [0.1, 0.15) is 11.9 Å². The first-order valence-electron chi connectivity index (χ1n) is 4.52. The van der Waals surface area contributed by atoms with Gasteiger partial charge in [-0.2, -0.15) is 0 Å². The minimum absolute atomic E-state index is 0.114. The number of methoxy groups -OCH3 is 1. The molecule has 15 heavy (non-hydrogen) atoms. The second-order valence-corrected chi connectivity index (χ2v) is 5.68. The zero-order valence-electron chi connectivity index (χ0n) is 8.17. The molecule has 2 nitrogen and oxygen atoms in total. The lowest BCUT2D eigenvalue weighted by Gasteiger charge is -2.11. The van der Waals surface area contributed by atoms with Gasteiger partial charge in [0.2, 0.25) is 0 Å². The van der Waals surface area contributed by atoms with Crippen molar-refractivity contribution in [2.45, 2.75) is 6.10 Å². The van der Waals surface area contributed by atoms with E-state index < -0.39 is 0 Å². The molecular formula is C11H10I2O2. The van der Waals surface area contributed by atoms with E-state index in [2.05, 4.69) is 57.3 Å². The summed E-state index contributed by atoms with van der Waals surface area (Å²) in [6.45, 7) is 0.732. The molecule has 0 fully saturated rings. The van der Waals surface area contributed by atoms with Gasteiger partial charge in [-0.05, 0) is 62.9 Å². The number of rotatable bonds is 2. The van der Waals surface area contributed by atoms with Crippen LogP contribution in [0.5, 0.6) is 5.75 Å². The minimum atomic E-state index is 0.114. The van der Waals surface area contributed by atoms with Crippen molar-refractivity contribution in [2.75, 3.05) is 13.7 Å². The van der Waals surface area contributed by atoms with Gasteiger partial charge in [-0.15, -0.1) is 0 Å². The van der Waals surface area contributed by atoms with Gasteiger partial charge >= 0.3 is 0 Å². The van der Waals surface area contributed by atoms with E-state index >= 15 is 0 Å². The summed E-state index contributed by atoms with van der Waals surface area (Å²) in [6.07, 6.45) is 0.114. The topological polar surface area (TPSA) is 18.5 Å². The zero-order valence-corrected chi connectivity index (χ0v) is 12.5. The maximum atomic E-state index is 5.71. The van der Waals surface area contributed by atoms with Crippen molar-refractivity contribution in [3.8, 4) is 5.75 Å². The van der Waals surface area contributed by atoms with E-state index in [-0.39, 0.29) is 6.10 Å². The predicted octanol–water partition coefficient (Wildman–Crippen LogP) is 3.85. The molecule has 1 aromatic rings. The number of benzene rings is 1. The summed E-state index contributed by atoms with van der Waals surface area (Å²) in [5.74, 6) is 0.880. The van der Waals surface area contributed by atoms with Crippen LogP contribution in [0, 0.1) is 0 Å². The van der Waals surface area contributed by atoms with Gasteiger partial charge in [-0.1, -0.05) is 12.1 Å². The average Bonchev–Trinajstić information content (AvgIpc) is 2.60. The zero-order chi connectivity index (χ0) is 10.8. The Balaban J connectivity index is 2.24. The second kappa shape index (κ2) is 5.01. The first-order chi connectivity index (χ1) is 7.22. The molecule has 0 amide bonds. The molecule has 1 aliphatic rings. The molecule has 1 aromatic carbocycles. The van der Waals surface area contributed by atoms with Crippen molar-refractivity contribution >= 4 is 45.2 Å². The maximum absolute atomic E-state index is 5.71. The first kappa shape index (κ1) is 11.7. The molecule has 4 heteroatoms. The lowest BCUT2D eigenvalue weighted by molar-refractivity contribution is 0.128. The van der Waals surface area contributed by atoms with Crippen LogP contribution >= 0.6 is 45.2 Å².